The van der Waals surface area contributed by atoms with Crippen LogP contribution >= 0.6 is 0 Å². The van der Waals surface area contributed by atoms with Crippen LogP contribution in [0, 0.1) is 5.82 Å². The minimum atomic E-state index is -0.379. The lowest BCUT2D eigenvalue weighted by atomic mass is 10.0. The summed E-state index contributed by atoms with van der Waals surface area (Å²) in [7, 11) is 1.72. The fraction of sp³-hybridized carbons (Fsp3) is 0.0800. The minimum absolute atomic E-state index is 0.217. The van der Waals surface area contributed by atoms with Crippen LogP contribution in [-0.2, 0) is 6.54 Å². The molecule has 0 saturated heterocycles. The van der Waals surface area contributed by atoms with Crippen LogP contribution in [0.4, 0.5) is 10.2 Å². The number of halogens is 1. The average molecular weight is 411 g/mol. The van der Waals surface area contributed by atoms with Gasteiger partial charge in [0.05, 0.1) is 11.2 Å². The number of rotatable bonds is 6. The predicted molar refractivity (Wildman–Crippen MR) is 124 cm³/mol. The SMILES string of the molecule is CN=C(C=CN)c1ccc(CNc2nccc(-c3ccc4ncccc4c3)c2F)cc1. The smallest absolute Gasteiger partial charge is 0.173 e. The van der Waals surface area contributed by atoms with Crippen molar-refractivity contribution in [1.29, 1.82) is 0 Å². The summed E-state index contributed by atoms with van der Waals surface area (Å²) < 4.78 is 15.2. The lowest BCUT2D eigenvalue weighted by Gasteiger charge is -2.11. The van der Waals surface area contributed by atoms with Gasteiger partial charge >= 0.3 is 0 Å². The van der Waals surface area contributed by atoms with Crippen molar-refractivity contribution in [2.45, 2.75) is 6.54 Å². The van der Waals surface area contributed by atoms with Crippen LogP contribution in [0.5, 0.6) is 0 Å². The van der Waals surface area contributed by atoms with Gasteiger partial charge in [-0.05, 0) is 53.2 Å². The first-order chi connectivity index (χ1) is 15.2. The zero-order valence-electron chi connectivity index (χ0n) is 17.1. The molecular formula is C25H22FN5. The van der Waals surface area contributed by atoms with Gasteiger partial charge in [0.2, 0.25) is 0 Å². The number of fused-ring (bicyclic) bond motifs is 1. The molecule has 4 rings (SSSR count). The van der Waals surface area contributed by atoms with E-state index in [0.29, 0.717) is 12.1 Å². The van der Waals surface area contributed by atoms with Gasteiger partial charge in [-0.25, -0.2) is 9.37 Å². The Hall–Kier alpha value is -4.06. The Balaban J connectivity index is 1.53. The Morgan fingerprint density at radius 1 is 1.06 bits per heavy atom. The fourth-order valence-corrected chi connectivity index (χ4v) is 3.40. The van der Waals surface area contributed by atoms with Gasteiger partial charge in [0.25, 0.3) is 0 Å². The van der Waals surface area contributed by atoms with E-state index in [-0.39, 0.29) is 11.6 Å². The molecule has 0 aliphatic rings. The van der Waals surface area contributed by atoms with Gasteiger partial charge in [0.15, 0.2) is 11.6 Å². The van der Waals surface area contributed by atoms with Crippen molar-refractivity contribution in [2.75, 3.05) is 12.4 Å². The van der Waals surface area contributed by atoms with Gasteiger partial charge in [-0.15, -0.1) is 0 Å². The number of aromatic nitrogens is 2. The highest BCUT2D eigenvalue weighted by molar-refractivity contribution is 6.08. The molecule has 2 aromatic carbocycles. The Morgan fingerprint density at radius 2 is 1.90 bits per heavy atom. The van der Waals surface area contributed by atoms with E-state index in [1.165, 1.54) is 6.20 Å². The summed E-state index contributed by atoms with van der Waals surface area (Å²) in [6.07, 6.45) is 6.57. The molecule has 0 amide bonds. The maximum Gasteiger partial charge on any atom is 0.173 e. The van der Waals surface area contributed by atoms with E-state index >= 15 is 4.39 Å². The molecule has 0 radical (unpaired) electrons. The first-order valence-electron chi connectivity index (χ1n) is 9.87. The molecule has 4 aromatic rings. The maximum atomic E-state index is 15.2. The third kappa shape index (κ3) is 4.43. The zero-order valence-corrected chi connectivity index (χ0v) is 17.1. The van der Waals surface area contributed by atoms with E-state index in [1.807, 2.05) is 54.6 Å². The molecule has 0 bridgehead atoms. The molecule has 2 aromatic heterocycles. The van der Waals surface area contributed by atoms with Crippen molar-refractivity contribution < 1.29 is 4.39 Å². The number of benzene rings is 2. The lowest BCUT2D eigenvalue weighted by molar-refractivity contribution is 0.628. The number of pyridine rings is 2. The second-order valence-electron chi connectivity index (χ2n) is 6.95. The highest BCUT2D eigenvalue weighted by Crippen LogP contribution is 2.28. The molecule has 31 heavy (non-hydrogen) atoms. The van der Waals surface area contributed by atoms with E-state index in [4.69, 9.17) is 5.73 Å². The molecule has 154 valence electrons. The van der Waals surface area contributed by atoms with Crippen LogP contribution < -0.4 is 11.1 Å². The van der Waals surface area contributed by atoms with Crippen molar-refractivity contribution in [3.8, 4) is 11.1 Å². The molecule has 6 heteroatoms. The van der Waals surface area contributed by atoms with E-state index in [1.54, 1.807) is 31.6 Å². The van der Waals surface area contributed by atoms with Gasteiger partial charge in [-0.1, -0.05) is 36.4 Å². The molecule has 5 nitrogen and oxygen atoms in total. The first kappa shape index (κ1) is 20.2. The zero-order chi connectivity index (χ0) is 21.6. The van der Waals surface area contributed by atoms with Crippen molar-refractivity contribution in [3.63, 3.8) is 0 Å². The van der Waals surface area contributed by atoms with Crippen LogP contribution in [0.15, 0.2) is 90.3 Å². The monoisotopic (exact) mass is 411 g/mol. The second-order valence-corrected chi connectivity index (χ2v) is 6.95. The van der Waals surface area contributed by atoms with Crippen LogP contribution in [0.25, 0.3) is 22.0 Å². The van der Waals surface area contributed by atoms with Crippen molar-refractivity contribution in [1.82, 2.24) is 9.97 Å². The molecular weight excluding hydrogens is 389 g/mol. The van der Waals surface area contributed by atoms with Crippen molar-refractivity contribution >= 4 is 22.4 Å². The highest BCUT2D eigenvalue weighted by Gasteiger charge is 2.12. The summed E-state index contributed by atoms with van der Waals surface area (Å²) in [6, 6.07) is 19.1. The second kappa shape index (κ2) is 9.17. The largest absolute Gasteiger partial charge is 0.405 e. The molecule has 0 saturated carbocycles. The number of allylic oxidation sites excluding steroid dienone is 1. The molecule has 2 heterocycles. The number of nitrogens with one attached hydrogen (secondary N) is 1. The number of hydrogen-bond donors (Lipinski definition) is 2. The molecule has 0 aliphatic carbocycles. The van der Waals surface area contributed by atoms with Crippen LogP contribution in [-0.4, -0.2) is 22.7 Å². The maximum absolute atomic E-state index is 15.2. The first-order valence-corrected chi connectivity index (χ1v) is 9.87. The Kier molecular flexibility index (Phi) is 5.98. The molecule has 0 atom stereocenters. The topological polar surface area (TPSA) is 76.2 Å². The molecule has 0 spiro atoms. The number of nitrogens with zero attached hydrogens (tertiary/aromatic N) is 3. The van der Waals surface area contributed by atoms with Crippen molar-refractivity contribution in [2.24, 2.45) is 10.7 Å². The molecule has 3 N–H and O–H groups in total. The van der Waals surface area contributed by atoms with E-state index in [2.05, 4.69) is 20.3 Å². The number of hydrogen-bond acceptors (Lipinski definition) is 5. The standard InChI is InChI=1S/C25H22FN5/c1-28-22(10-12-27)18-6-4-17(5-7-18)16-31-25-24(26)21(11-14-30-25)19-8-9-23-20(15-19)3-2-13-29-23/h2-15H,16,27H2,1H3,(H,30,31). The van der Waals surface area contributed by atoms with Crippen molar-refractivity contribution in [3.05, 3.63) is 102 Å². The lowest BCUT2D eigenvalue weighted by Crippen LogP contribution is -2.05. The Bertz CT molecular complexity index is 1260. The van der Waals surface area contributed by atoms with Gasteiger partial charge in [0, 0.05) is 36.9 Å². The van der Waals surface area contributed by atoms with Crippen LogP contribution in [0.1, 0.15) is 11.1 Å². The van der Waals surface area contributed by atoms with E-state index < -0.39 is 0 Å². The third-order valence-corrected chi connectivity index (χ3v) is 5.01. The number of aliphatic imine (C=N–C) groups is 1. The number of nitrogens with two attached hydrogens (primary N) is 1. The van der Waals surface area contributed by atoms with E-state index in [0.717, 1.165) is 33.3 Å². The summed E-state index contributed by atoms with van der Waals surface area (Å²) in [6.45, 7) is 0.445. The van der Waals surface area contributed by atoms with Crippen LogP contribution in [0.3, 0.4) is 0 Å². The quantitative estimate of drug-likeness (QED) is 0.441. The van der Waals surface area contributed by atoms with Crippen LogP contribution in [0.2, 0.25) is 0 Å². The van der Waals surface area contributed by atoms with E-state index in [9.17, 15) is 0 Å². The Morgan fingerprint density at radius 3 is 2.68 bits per heavy atom. The Labute approximate surface area is 180 Å². The molecule has 0 unspecified atom stereocenters. The number of anilines is 1. The molecule has 0 aliphatic heterocycles. The summed E-state index contributed by atoms with van der Waals surface area (Å²) in [5.41, 5.74) is 10.4. The average Bonchev–Trinajstić information content (AvgIpc) is 2.82. The van der Waals surface area contributed by atoms with Gasteiger partial charge in [-0.3, -0.25) is 9.98 Å². The van der Waals surface area contributed by atoms with Gasteiger partial charge in [0.1, 0.15) is 0 Å². The molecule has 0 fully saturated rings. The summed E-state index contributed by atoms with van der Waals surface area (Å²) in [5.74, 6) is -0.161. The fourth-order valence-electron chi connectivity index (χ4n) is 3.40. The van der Waals surface area contributed by atoms with Gasteiger partial charge < -0.3 is 11.1 Å². The van der Waals surface area contributed by atoms with Gasteiger partial charge in [-0.2, -0.15) is 0 Å². The summed E-state index contributed by atoms with van der Waals surface area (Å²) in [4.78, 5) is 12.7. The normalized spacial score (nSPS) is 11.9. The minimum Gasteiger partial charge on any atom is -0.405 e. The predicted octanol–water partition coefficient (Wildman–Crippen LogP) is 4.94. The summed E-state index contributed by atoms with van der Waals surface area (Å²) in [5, 5.41) is 4.06. The third-order valence-electron chi connectivity index (χ3n) is 5.01. The summed E-state index contributed by atoms with van der Waals surface area (Å²) >= 11 is 0. The highest BCUT2D eigenvalue weighted by atomic mass is 19.1.